The number of hydrogen-bond donors (Lipinski definition) is 1. The van der Waals surface area contributed by atoms with Gasteiger partial charge in [0.15, 0.2) is 0 Å². The third kappa shape index (κ3) is 2.24. The lowest BCUT2D eigenvalue weighted by atomic mass is 10.0. The van der Waals surface area contributed by atoms with Gasteiger partial charge in [-0.2, -0.15) is 0 Å². The van der Waals surface area contributed by atoms with Gasteiger partial charge in [-0.05, 0) is 37.0 Å². The molecule has 1 saturated heterocycles. The highest BCUT2D eigenvalue weighted by atomic mass is 16.3. The van der Waals surface area contributed by atoms with E-state index in [1.807, 2.05) is 24.1 Å². The summed E-state index contributed by atoms with van der Waals surface area (Å²) < 4.78 is 0. The Hall–Kier alpha value is -2.47. The molecule has 0 bridgehead atoms. The Morgan fingerprint density at radius 2 is 2.04 bits per heavy atom. The van der Waals surface area contributed by atoms with Gasteiger partial charge in [-0.25, -0.2) is 9.97 Å². The van der Waals surface area contributed by atoms with Crippen LogP contribution >= 0.6 is 0 Å². The summed E-state index contributed by atoms with van der Waals surface area (Å²) in [5.74, 6) is 0.805. The van der Waals surface area contributed by atoms with Crippen LogP contribution in [0, 0.1) is 0 Å². The number of benzene rings is 1. The molecule has 3 heterocycles. The maximum Gasteiger partial charge on any atom is 0.254 e. The second-order valence-corrected chi connectivity index (χ2v) is 7.24. The van der Waals surface area contributed by atoms with Crippen molar-refractivity contribution in [2.75, 3.05) is 25.0 Å². The second kappa shape index (κ2) is 5.26. The minimum Gasteiger partial charge on any atom is -0.389 e. The van der Waals surface area contributed by atoms with Crippen molar-refractivity contribution >= 4 is 11.9 Å². The van der Waals surface area contributed by atoms with Crippen LogP contribution in [0.5, 0.6) is 0 Å². The zero-order valence-corrected chi connectivity index (χ0v) is 14.2. The SMILES string of the molecule is CN1Cc2cc(-c3nc(N4CC(O)C4)nc4c3CCC4)ccc2C1=O. The minimum atomic E-state index is -0.276. The maximum absolute atomic E-state index is 12.1. The van der Waals surface area contributed by atoms with E-state index in [4.69, 9.17) is 9.97 Å². The molecule has 2 aromatic rings. The van der Waals surface area contributed by atoms with Gasteiger partial charge in [0, 0.05) is 49.1 Å². The summed E-state index contributed by atoms with van der Waals surface area (Å²) >= 11 is 0. The predicted molar refractivity (Wildman–Crippen MR) is 93.5 cm³/mol. The Morgan fingerprint density at radius 3 is 2.84 bits per heavy atom. The number of carbonyl (C=O) groups excluding carboxylic acids is 1. The number of fused-ring (bicyclic) bond motifs is 2. The first-order valence-electron chi connectivity index (χ1n) is 8.82. The largest absolute Gasteiger partial charge is 0.389 e. The Morgan fingerprint density at radius 1 is 1.20 bits per heavy atom. The highest BCUT2D eigenvalue weighted by Crippen LogP contribution is 2.34. The smallest absolute Gasteiger partial charge is 0.254 e. The minimum absolute atomic E-state index is 0.0877. The number of nitrogens with zero attached hydrogens (tertiary/aromatic N) is 4. The number of hydrogen-bond acceptors (Lipinski definition) is 5. The van der Waals surface area contributed by atoms with E-state index in [1.54, 1.807) is 4.90 Å². The molecule has 0 unspecified atom stereocenters. The van der Waals surface area contributed by atoms with Crippen molar-refractivity contribution in [1.29, 1.82) is 0 Å². The molecule has 128 valence electrons. The second-order valence-electron chi connectivity index (χ2n) is 7.24. The molecule has 6 nitrogen and oxygen atoms in total. The van der Waals surface area contributed by atoms with Gasteiger partial charge in [-0.1, -0.05) is 6.07 Å². The third-order valence-electron chi connectivity index (χ3n) is 5.43. The van der Waals surface area contributed by atoms with Gasteiger partial charge in [-0.3, -0.25) is 4.79 Å². The summed E-state index contributed by atoms with van der Waals surface area (Å²) in [6, 6.07) is 6.03. The first-order chi connectivity index (χ1) is 12.1. The fraction of sp³-hybridized carbons (Fsp3) is 0.421. The monoisotopic (exact) mass is 336 g/mol. The summed E-state index contributed by atoms with van der Waals surface area (Å²) in [5, 5.41) is 9.58. The number of rotatable bonds is 2. The number of aliphatic hydroxyl groups is 1. The topological polar surface area (TPSA) is 69.6 Å². The average Bonchev–Trinajstić information content (AvgIpc) is 3.15. The predicted octanol–water partition coefficient (Wildman–Crippen LogP) is 1.40. The van der Waals surface area contributed by atoms with Crippen molar-refractivity contribution in [3.05, 3.63) is 40.6 Å². The molecule has 0 atom stereocenters. The number of aromatic nitrogens is 2. The summed E-state index contributed by atoms with van der Waals surface area (Å²) in [5.41, 5.74) is 6.28. The van der Waals surface area contributed by atoms with Crippen molar-refractivity contribution in [2.45, 2.75) is 31.9 Å². The number of aryl methyl sites for hydroxylation is 1. The molecule has 6 heteroatoms. The molecule has 5 rings (SSSR count). The molecule has 2 aliphatic heterocycles. The molecule has 1 amide bonds. The van der Waals surface area contributed by atoms with E-state index in [9.17, 15) is 9.90 Å². The molecule has 1 aliphatic carbocycles. The van der Waals surface area contributed by atoms with Crippen LogP contribution in [0.1, 0.15) is 33.6 Å². The number of anilines is 1. The normalized spacial score (nSPS) is 19.2. The Balaban J connectivity index is 1.60. The van der Waals surface area contributed by atoms with Gasteiger partial charge < -0.3 is 14.9 Å². The van der Waals surface area contributed by atoms with Gasteiger partial charge in [-0.15, -0.1) is 0 Å². The van der Waals surface area contributed by atoms with E-state index in [0.717, 1.165) is 53.3 Å². The molecule has 3 aliphatic rings. The fourth-order valence-corrected chi connectivity index (χ4v) is 4.03. The van der Waals surface area contributed by atoms with Crippen molar-refractivity contribution in [3.63, 3.8) is 0 Å². The lowest BCUT2D eigenvalue weighted by Gasteiger charge is -2.36. The molecule has 25 heavy (non-hydrogen) atoms. The van der Waals surface area contributed by atoms with Crippen LogP contribution in [0.4, 0.5) is 5.95 Å². The van der Waals surface area contributed by atoms with Crippen molar-refractivity contribution in [3.8, 4) is 11.3 Å². The van der Waals surface area contributed by atoms with Crippen LogP contribution in [-0.4, -0.2) is 52.1 Å². The molecule has 1 aromatic carbocycles. The third-order valence-corrected chi connectivity index (χ3v) is 5.43. The fourth-order valence-electron chi connectivity index (χ4n) is 4.03. The van der Waals surface area contributed by atoms with E-state index in [-0.39, 0.29) is 12.0 Å². The number of carbonyl (C=O) groups is 1. The van der Waals surface area contributed by atoms with Gasteiger partial charge in [0.25, 0.3) is 5.91 Å². The van der Waals surface area contributed by atoms with Crippen LogP contribution in [0.25, 0.3) is 11.3 Å². The van der Waals surface area contributed by atoms with Gasteiger partial charge in [0.1, 0.15) is 0 Å². The number of aliphatic hydroxyl groups excluding tert-OH is 1. The van der Waals surface area contributed by atoms with Crippen molar-refractivity contribution in [1.82, 2.24) is 14.9 Å². The molecular formula is C19H20N4O2. The standard InChI is InChI=1S/C19H20N4O2/c1-22-8-12-7-11(5-6-14(12)18(22)25)17-15-3-2-4-16(15)20-19(21-17)23-9-13(24)10-23/h5-7,13,24H,2-4,8-10H2,1H3. The molecule has 1 fully saturated rings. The number of β-amino-alcohol motifs (C(OH)–C–C–N with tert-alkyl or cyclic N) is 1. The molecule has 1 aromatic heterocycles. The molecule has 0 spiro atoms. The van der Waals surface area contributed by atoms with Gasteiger partial charge in [0.05, 0.1) is 11.8 Å². The first kappa shape index (κ1) is 14.8. The van der Waals surface area contributed by atoms with Crippen molar-refractivity contribution < 1.29 is 9.90 Å². The quantitative estimate of drug-likeness (QED) is 0.898. The molecule has 0 radical (unpaired) electrons. The number of amides is 1. The Bertz CT molecular complexity index is 889. The van der Waals surface area contributed by atoms with Gasteiger partial charge >= 0.3 is 0 Å². The van der Waals surface area contributed by atoms with E-state index in [1.165, 1.54) is 5.56 Å². The van der Waals surface area contributed by atoms with Crippen LogP contribution in [0.2, 0.25) is 0 Å². The van der Waals surface area contributed by atoms with Crippen LogP contribution in [0.3, 0.4) is 0 Å². The average molecular weight is 336 g/mol. The summed E-state index contributed by atoms with van der Waals surface area (Å²) in [4.78, 5) is 25.5. The highest BCUT2D eigenvalue weighted by Gasteiger charge is 2.30. The van der Waals surface area contributed by atoms with E-state index < -0.39 is 0 Å². The van der Waals surface area contributed by atoms with E-state index in [2.05, 4.69) is 6.07 Å². The zero-order valence-electron chi connectivity index (χ0n) is 14.2. The van der Waals surface area contributed by atoms with Crippen LogP contribution in [0.15, 0.2) is 18.2 Å². The molecule has 1 N–H and O–H groups in total. The highest BCUT2D eigenvalue weighted by molar-refractivity contribution is 5.98. The maximum atomic E-state index is 12.1. The first-order valence-corrected chi connectivity index (χ1v) is 8.82. The Kier molecular flexibility index (Phi) is 3.12. The van der Waals surface area contributed by atoms with E-state index in [0.29, 0.717) is 19.6 Å². The van der Waals surface area contributed by atoms with Crippen molar-refractivity contribution in [2.24, 2.45) is 0 Å². The van der Waals surface area contributed by atoms with Crippen LogP contribution in [-0.2, 0) is 19.4 Å². The summed E-state index contributed by atoms with van der Waals surface area (Å²) in [6.07, 6.45) is 2.82. The summed E-state index contributed by atoms with van der Waals surface area (Å²) in [7, 11) is 1.83. The zero-order chi connectivity index (χ0) is 17.1. The molecular weight excluding hydrogens is 316 g/mol. The van der Waals surface area contributed by atoms with Gasteiger partial charge in [0.2, 0.25) is 5.95 Å². The molecule has 0 saturated carbocycles. The summed E-state index contributed by atoms with van der Waals surface area (Å²) in [6.45, 7) is 1.85. The Labute approximate surface area is 146 Å². The van der Waals surface area contributed by atoms with Crippen LogP contribution < -0.4 is 4.90 Å². The lowest BCUT2D eigenvalue weighted by molar-refractivity contribution is 0.0816. The van der Waals surface area contributed by atoms with E-state index >= 15 is 0 Å². The lowest BCUT2D eigenvalue weighted by Crippen LogP contribution is -2.51.